The van der Waals surface area contributed by atoms with E-state index in [-0.39, 0.29) is 6.61 Å². The highest BCUT2D eigenvalue weighted by atomic mass is 16.5. The van der Waals surface area contributed by atoms with Gasteiger partial charge in [-0.1, -0.05) is 49.1 Å². The monoisotopic (exact) mass is 303 g/mol. The van der Waals surface area contributed by atoms with Crippen LogP contribution in [0.1, 0.15) is 49.6 Å². The lowest BCUT2D eigenvalue weighted by Gasteiger charge is -2.10. The van der Waals surface area contributed by atoms with Gasteiger partial charge in [0.25, 0.3) is 0 Å². The summed E-state index contributed by atoms with van der Waals surface area (Å²) in [6.07, 6.45) is 4.70. The summed E-state index contributed by atoms with van der Waals surface area (Å²) >= 11 is 0. The van der Waals surface area contributed by atoms with Crippen LogP contribution in [0.15, 0.2) is 24.3 Å². The van der Waals surface area contributed by atoms with E-state index < -0.39 is 0 Å². The number of nitrogens with zero attached hydrogens (tertiary/aromatic N) is 3. The number of benzene rings is 1. The van der Waals surface area contributed by atoms with Crippen molar-refractivity contribution >= 4 is 0 Å². The van der Waals surface area contributed by atoms with Crippen LogP contribution in [0, 0.1) is 6.92 Å². The SMILES string of the molecule is CCCCCCn1nnc(CO)c1COc1ccc(C)cc1. The fraction of sp³-hybridized carbons (Fsp3) is 0.529. The van der Waals surface area contributed by atoms with Gasteiger partial charge in [0.05, 0.1) is 6.61 Å². The number of aliphatic hydroxyl groups excluding tert-OH is 1. The second-order valence-corrected chi connectivity index (χ2v) is 5.53. The molecule has 0 aliphatic carbocycles. The number of ether oxygens (including phenoxy) is 1. The van der Waals surface area contributed by atoms with Gasteiger partial charge in [-0.25, -0.2) is 4.68 Å². The topological polar surface area (TPSA) is 60.2 Å². The van der Waals surface area contributed by atoms with Crippen LogP contribution in [0.3, 0.4) is 0 Å². The van der Waals surface area contributed by atoms with Crippen molar-refractivity contribution in [1.82, 2.24) is 15.0 Å². The number of rotatable bonds is 9. The van der Waals surface area contributed by atoms with E-state index in [1.165, 1.54) is 24.8 Å². The highest BCUT2D eigenvalue weighted by Crippen LogP contribution is 2.15. The molecule has 0 spiro atoms. The number of unbranched alkanes of at least 4 members (excludes halogenated alkanes) is 3. The average molecular weight is 303 g/mol. The Morgan fingerprint density at radius 2 is 1.91 bits per heavy atom. The van der Waals surface area contributed by atoms with Crippen molar-refractivity contribution in [1.29, 1.82) is 0 Å². The Morgan fingerprint density at radius 3 is 2.59 bits per heavy atom. The Bertz CT molecular complexity index is 564. The van der Waals surface area contributed by atoms with Crippen LogP contribution in [0.5, 0.6) is 5.75 Å². The molecule has 22 heavy (non-hydrogen) atoms. The third-order valence-electron chi connectivity index (χ3n) is 3.69. The number of aliphatic hydroxyl groups is 1. The maximum absolute atomic E-state index is 9.40. The zero-order valence-corrected chi connectivity index (χ0v) is 13.5. The molecule has 0 aliphatic rings. The first-order valence-corrected chi connectivity index (χ1v) is 7.96. The summed E-state index contributed by atoms with van der Waals surface area (Å²) < 4.78 is 7.66. The minimum Gasteiger partial charge on any atom is -0.487 e. The minimum absolute atomic E-state index is 0.110. The standard InChI is InChI=1S/C17H25N3O2/c1-3-4-5-6-11-20-17(16(12-21)18-19-20)13-22-15-9-7-14(2)8-10-15/h7-10,21H,3-6,11-13H2,1-2H3. The van der Waals surface area contributed by atoms with E-state index in [2.05, 4.69) is 17.2 Å². The quantitative estimate of drug-likeness (QED) is 0.722. The summed E-state index contributed by atoms with van der Waals surface area (Å²) in [5.41, 5.74) is 2.66. The van der Waals surface area contributed by atoms with E-state index in [0.717, 1.165) is 24.4 Å². The second kappa shape index (κ2) is 8.54. The van der Waals surface area contributed by atoms with Crippen LogP contribution in [-0.2, 0) is 19.8 Å². The molecule has 0 atom stereocenters. The molecule has 2 aromatic rings. The summed E-state index contributed by atoms with van der Waals surface area (Å²) in [4.78, 5) is 0. The Labute approximate surface area is 131 Å². The molecule has 0 unspecified atom stereocenters. The Balaban J connectivity index is 1.98. The zero-order chi connectivity index (χ0) is 15.8. The van der Waals surface area contributed by atoms with Gasteiger partial charge in [0.2, 0.25) is 0 Å². The van der Waals surface area contributed by atoms with Gasteiger partial charge in [0.1, 0.15) is 23.7 Å². The largest absolute Gasteiger partial charge is 0.487 e. The van der Waals surface area contributed by atoms with Crippen LogP contribution in [0.2, 0.25) is 0 Å². The summed E-state index contributed by atoms with van der Waals surface area (Å²) in [6.45, 7) is 5.32. The molecule has 1 N–H and O–H groups in total. The van der Waals surface area contributed by atoms with Crippen molar-refractivity contribution < 1.29 is 9.84 Å². The maximum Gasteiger partial charge on any atom is 0.132 e. The summed E-state index contributed by atoms with van der Waals surface area (Å²) in [5.74, 6) is 0.813. The van der Waals surface area contributed by atoms with Crippen molar-refractivity contribution in [2.24, 2.45) is 0 Å². The first-order valence-electron chi connectivity index (χ1n) is 7.96. The van der Waals surface area contributed by atoms with Crippen LogP contribution in [0.25, 0.3) is 0 Å². The molecule has 1 aromatic carbocycles. The lowest BCUT2D eigenvalue weighted by atomic mass is 10.2. The Kier molecular flexibility index (Phi) is 6.40. The summed E-state index contributed by atoms with van der Waals surface area (Å²) in [6, 6.07) is 7.93. The van der Waals surface area contributed by atoms with Gasteiger partial charge in [0, 0.05) is 6.54 Å². The highest BCUT2D eigenvalue weighted by Gasteiger charge is 2.12. The molecule has 0 saturated carbocycles. The molecule has 5 nitrogen and oxygen atoms in total. The third-order valence-corrected chi connectivity index (χ3v) is 3.69. The van der Waals surface area contributed by atoms with Gasteiger partial charge >= 0.3 is 0 Å². The molecular weight excluding hydrogens is 278 g/mol. The van der Waals surface area contributed by atoms with E-state index in [0.29, 0.717) is 12.3 Å². The average Bonchev–Trinajstić information content (AvgIpc) is 2.93. The molecule has 0 radical (unpaired) electrons. The third kappa shape index (κ3) is 4.56. The zero-order valence-electron chi connectivity index (χ0n) is 13.5. The maximum atomic E-state index is 9.40. The molecule has 0 aliphatic heterocycles. The van der Waals surface area contributed by atoms with E-state index in [4.69, 9.17) is 4.74 Å². The molecule has 1 aromatic heterocycles. The predicted molar refractivity (Wildman–Crippen MR) is 85.6 cm³/mol. The van der Waals surface area contributed by atoms with Gasteiger partial charge in [-0.3, -0.25) is 0 Å². The molecule has 5 heteroatoms. The van der Waals surface area contributed by atoms with Gasteiger partial charge in [-0.15, -0.1) is 5.10 Å². The molecular formula is C17H25N3O2. The molecule has 0 amide bonds. The van der Waals surface area contributed by atoms with Crippen LogP contribution in [-0.4, -0.2) is 20.1 Å². The van der Waals surface area contributed by atoms with Crippen LogP contribution in [0.4, 0.5) is 0 Å². The van der Waals surface area contributed by atoms with Gasteiger partial charge in [0.15, 0.2) is 0 Å². The van der Waals surface area contributed by atoms with Crippen LogP contribution >= 0.6 is 0 Å². The summed E-state index contributed by atoms with van der Waals surface area (Å²) in [7, 11) is 0. The molecule has 0 fully saturated rings. The number of aryl methyl sites for hydroxylation is 2. The molecule has 0 bridgehead atoms. The first kappa shape index (κ1) is 16.5. The molecule has 120 valence electrons. The van der Waals surface area contributed by atoms with E-state index in [1.54, 1.807) is 0 Å². The normalized spacial score (nSPS) is 10.9. The summed E-state index contributed by atoms with van der Waals surface area (Å²) in [5, 5.41) is 17.6. The number of hydrogen-bond donors (Lipinski definition) is 1. The smallest absolute Gasteiger partial charge is 0.132 e. The van der Waals surface area contributed by atoms with Crippen molar-refractivity contribution in [2.75, 3.05) is 0 Å². The van der Waals surface area contributed by atoms with Gasteiger partial charge in [-0.05, 0) is 25.5 Å². The van der Waals surface area contributed by atoms with Gasteiger partial charge < -0.3 is 9.84 Å². The van der Waals surface area contributed by atoms with Crippen molar-refractivity contribution in [2.45, 2.75) is 59.3 Å². The number of hydrogen-bond acceptors (Lipinski definition) is 4. The van der Waals surface area contributed by atoms with Crippen molar-refractivity contribution in [3.8, 4) is 5.75 Å². The molecule has 1 heterocycles. The lowest BCUT2D eigenvalue weighted by molar-refractivity contribution is 0.261. The first-order chi connectivity index (χ1) is 10.7. The lowest BCUT2D eigenvalue weighted by Crippen LogP contribution is -2.10. The van der Waals surface area contributed by atoms with Crippen molar-refractivity contribution in [3.63, 3.8) is 0 Å². The van der Waals surface area contributed by atoms with E-state index in [9.17, 15) is 5.11 Å². The van der Waals surface area contributed by atoms with E-state index in [1.807, 2.05) is 35.9 Å². The molecule has 2 rings (SSSR count). The number of aromatic nitrogens is 3. The highest BCUT2D eigenvalue weighted by molar-refractivity contribution is 5.26. The van der Waals surface area contributed by atoms with E-state index >= 15 is 0 Å². The Morgan fingerprint density at radius 1 is 1.14 bits per heavy atom. The Hall–Kier alpha value is -1.88. The fourth-order valence-corrected chi connectivity index (χ4v) is 2.30. The second-order valence-electron chi connectivity index (χ2n) is 5.53. The fourth-order valence-electron chi connectivity index (χ4n) is 2.30. The van der Waals surface area contributed by atoms with Crippen molar-refractivity contribution in [3.05, 3.63) is 41.2 Å². The molecule has 0 saturated heterocycles. The minimum atomic E-state index is -0.110. The predicted octanol–water partition coefficient (Wildman–Crippen LogP) is 3.24. The van der Waals surface area contributed by atoms with Gasteiger partial charge in [-0.2, -0.15) is 0 Å². The van der Waals surface area contributed by atoms with Crippen LogP contribution < -0.4 is 4.74 Å².